The molecule has 3 heteroatoms. The fraction of sp³-hybridized carbons (Fsp3) is 0.647. The topological polar surface area (TPSA) is 32.5 Å². The third-order valence-electron chi connectivity index (χ3n) is 5.03. The Morgan fingerprint density at radius 2 is 1.80 bits per heavy atom. The molecular formula is C17H27N3. The number of hydrogen-bond acceptors (Lipinski definition) is 3. The number of fused-ring (bicyclic) bond motifs is 2. The van der Waals surface area contributed by atoms with Crippen LogP contribution in [0.25, 0.3) is 0 Å². The van der Waals surface area contributed by atoms with Gasteiger partial charge in [-0.15, -0.1) is 0 Å². The number of para-hydroxylation sites is 1. The third kappa shape index (κ3) is 2.99. The van der Waals surface area contributed by atoms with E-state index in [0.29, 0.717) is 6.04 Å². The average molecular weight is 273 g/mol. The zero-order chi connectivity index (χ0) is 13.9. The van der Waals surface area contributed by atoms with Crippen LogP contribution in [0, 0.1) is 0 Å². The van der Waals surface area contributed by atoms with Gasteiger partial charge in [0.05, 0.1) is 0 Å². The maximum Gasteiger partial charge on any atom is 0.0363 e. The molecule has 1 aromatic carbocycles. The highest BCUT2D eigenvalue weighted by Crippen LogP contribution is 2.34. The van der Waals surface area contributed by atoms with Crippen LogP contribution >= 0.6 is 0 Å². The molecule has 0 aliphatic carbocycles. The maximum absolute atomic E-state index is 6.14. The molecule has 2 aliphatic heterocycles. The molecule has 2 aliphatic rings. The summed E-state index contributed by atoms with van der Waals surface area (Å²) in [5.41, 5.74) is 7.45. The quantitative estimate of drug-likeness (QED) is 0.894. The van der Waals surface area contributed by atoms with Crippen molar-refractivity contribution in [3.05, 3.63) is 30.3 Å². The van der Waals surface area contributed by atoms with E-state index in [9.17, 15) is 0 Å². The molecule has 0 aromatic heterocycles. The molecule has 0 saturated carbocycles. The van der Waals surface area contributed by atoms with Gasteiger partial charge in [-0.3, -0.25) is 4.90 Å². The van der Waals surface area contributed by atoms with Crippen LogP contribution in [0.1, 0.15) is 32.1 Å². The Morgan fingerprint density at radius 1 is 1.15 bits per heavy atom. The van der Waals surface area contributed by atoms with Crippen LogP contribution in [-0.2, 0) is 0 Å². The zero-order valence-electron chi connectivity index (χ0n) is 12.5. The number of anilines is 1. The molecule has 110 valence electrons. The van der Waals surface area contributed by atoms with Crippen LogP contribution in [0.5, 0.6) is 0 Å². The number of hydrogen-bond donors (Lipinski definition) is 1. The first-order chi connectivity index (χ1) is 9.74. The van der Waals surface area contributed by atoms with E-state index >= 15 is 0 Å². The molecular weight excluding hydrogens is 246 g/mol. The van der Waals surface area contributed by atoms with E-state index in [1.165, 1.54) is 44.3 Å². The summed E-state index contributed by atoms with van der Waals surface area (Å²) in [5, 5.41) is 0. The van der Waals surface area contributed by atoms with Crippen LogP contribution in [0.2, 0.25) is 0 Å². The van der Waals surface area contributed by atoms with Gasteiger partial charge in [0.1, 0.15) is 0 Å². The van der Waals surface area contributed by atoms with Crippen molar-refractivity contribution < 1.29 is 0 Å². The van der Waals surface area contributed by atoms with E-state index < -0.39 is 0 Å². The van der Waals surface area contributed by atoms with Gasteiger partial charge in [0.25, 0.3) is 0 Å². The number of rotatable bonds is 5. The third-order valence-corrected chi connectivity index (χ3v) is 5.03. The van der Waals surface area contributed by atoms with Crippen molar-refractivity contribution in [1.29, 1.82) is 0 Å². The molecule has 2 atom stereocenters. The van der Waals surface area contributed by atoms with Crippen molar-refractivity contribution in [2.75, 3.05) is 25.0 Å². The fourth-order valence-corrected chi connectivity index (χ4v) is 3.98. The van der Waals surface area contributed by atoms with E-state index in [4.69, 9.17) is 5.73 Å². The van der Waals surface area contributed by atoms with Gasteiger partial charge in [0, 0.05) is 44.0 Å². The summed E-state index contributed by atoms with van der Waals surface area (Å²) in [7, 11) is 2.19. The second-order valence-electron chi connectivity index (χ2n) is 6.46. The average Bonchev–Trinajstić information content (AvgIpc) is 2.70. The van der Waals surface area contributed by atoms with Crippen molar-refractivity contribution in [2.45, 2.75) is 50.2 Å². The van der Waals surface area contributed by atoms with Crippen molar-refractivity contribution >= 4 is 5.69 Å². The second kappa shape index (κ2) is 6.15. The highest BCUT2D eigenvalue weighted by atomic mass is 15.2. The van der Waals surface area contributed by atoms with E-state index in [1.807, 2.05) is 0 Å². The smallest absolute Gasteiger partial charge is 0.0363 e. The molecule has 3 nitrogen and oxygen atoms in total. The molecule has 2 fully saturated rings. The minimum atomic E-state index is 0.454. The molecule has 2 bridgehead atoms. The first kappa shape index (κ1) is 13.9. The Hall–Kier alpha value is -1.06. The molecule has 2 unspecified atom stereocenters. The van der Waals surface area contributed by atoms with Crippen molar-refractivity contribution in [2.24, 2.45) is 5.73 Å². The fourth-order valence-electron chi connectivity index (χ4n) is 3.98. The van der Waals surface area contributed by atoms with Crippen molar-refractivity contribution in [3.8, 4) is 0 Å². The van der Waals surface area contributed by atoms with Crippen molar-refractivity contribution in [3.63, 3.8) is 0 Å². The summed E-state index contributed by atoms with van der Waals surface area (Å²) in [4.78, 5) is 5.10. The lowest BCUT2D eigenvalue weighted by molar-refractivity contribution is 0.127. The zero-order valence-corrected chi connectivity index (χ0v) is 12.5. The van der Waals surface area contributed by atoms with Gasteiger partial charge < -0.3 is 10.6 Å². The van der Waals surface area contributed by atoms with Crippen LogP contribution < -0.4 is 10.6 Å². The lowest BCUT2D eigenvalue weighted by Crippen LogP contribution is -2.48. The van der Waals surface area contributed by atoms with Gasteiger partial charge in [-0.25, -0.2) is 0 Å². The predicted molar refractivity (Wildman–Crippen MR) is 85.1 cm³/mol. The maximum atomic E-state index is 6.14. The van der Waals surface area contributed by atoms with E-state index in [0.717, 1.165) is 18.6 Å². The molecule has 20 heavy (non-hydrogen) atoms. The first-order valence-electron chi connectivity index (χ1n) is 8.01. The summed E-state index contributed by atoms with van der Waals surface area (Å²) in [5.74, 6) is 0. The lowest BCUT2D eigenvalue weighted by atomic mass is 9.98. The Morgan fingerprint density at radius 3 is 2.45 bits per heavy atom. The molecule has 2 saturated heterocycles. The van der Waals surface area contributed by atoms with Crippen LogP contribution in [0.3, 0.4) is 0 Å². The van der Waals surface area contributed by atoms with Gasteiger partial charge in [0.15, 0.2) is 0 Å². The molecule has 0 radical (unpaired) electrons. The Balaban J connectivity index is 1.46. The van der Waals surface area contributed by atoms with E-state index in [2.05, 4.69) is 47.2 Å². The Bertz CT molecular complexity index is 406. The first-order valence-corrected chi connectivity index (χ1v) is 8.01. The second-order valence-corrected chi connectivity index (χ2v) is 6.46. The Kier molecular flexibility index (Phi) is 4.27. The number of nitrogens with two attached hydrogens (primary N) is 1. The van der Waals surface area contributed by atoms with E-state index in [-0.39, 0.29) is 0 Å². The predicted octanol–water partition coefficient (Wildman–Crippen LogP) is 2.47. The number of nitrogens with zero attached hydrogens (tertiary/aromatic N) is 2. The molecule has 0 spiro atoms. The molecule has 1 aromatic rings. The summed E-state index contributed by atoms with van der Waals surface area (Å²) >= 11 is 0. The van der Waals surface area contributed by atoms with Gasteiger partial charge in [0.2, 0.25) is 0 Å². The van der Waals surface area contributed by atoms with Gasteiger partial charge in [-0.05, 0) is 44.2 Å². The summed E-state index contributed by atoms with van der Waals surface area (Å²) in [6.45, 7) is 2.37. The minimum absolute atomic E-state index is 0.454. The summed E-state index contributed by atoms with van der Waals surface area (Å²) in [6.07, 6.45) is 6.41. The summed E-state index contributed by atoms with van der Waals surface area (Å²) < 4.78 is 0. The lowest BCUT2D eigenvalue weighted by Gasteiger charge is -2.38. The molecule has 3 rings (SSSR count). The highest BCUT2D eigenvalue weighted by molar-refractivity contribution is 5.44. The normalized spacial score (nSPS) is 29.6. The number of piperidine rings is 1. The molecule has 2 N–H and O–H groups in total. The van der Waals surface area contributed by atoms with Crippen LogP contribution in [0.15, 0.2) is 30.3 Å². The van der Waals surface area contributed by atoms with E-state index in [1.54, 1.807) is 0 Å². The largest absolute Gasteiger partial charge is 0.375 e. The van der Waals surface area contributed by atoms with Crippen LogP contribution in [0.4, 0.5) is 5.69 Å². The molecule has 2 heterocycles. The van der Waals surface area contributed by atoms with Gasteiger partial charge >= 0.3 is 0 Å². The monoisotopic (exact) mass is 273 g/mol. The van der Waals surface area contributed by atoms with Crippen molar-refractivity contribution in [1.82, 2.24) is 4.90 Å². The Labute approximate surface area is 122 Å². The highest BCUT2D eigenvalue weighted by Gasteiger charge is 2.38. The SMILES string of the molecule is CN(CCCN1C2CCC1CC(N)C2)c1ccccc1. The standard InChI is InChI=1S/C17H27N3/c1-19(15-6-3-2-4-7-15)10-5-11-20-16-8-9-17(20)13-14(18)12-16/h2-4,6-7,14,16-17H,5,8-13,18H2,1H3. The molecule has 0 amide bonds. The van der Waals surface area contributed by atoms with Crippen LogP contribution in [-0.4, -0.2) is 43.2 Å². The number of benzene rings is 1. The summed E-state index contributed by atoms with van der Waals surface area (Å²) in [6, 6.07) is 12.7. The van der Waals surface area contributed by atoms with Gasteiger partial charge in [-0.2, -0.15) is 0 Å². The minimum Gasteiger partial charge on any atom is -0.375 e. The van der Waals surface area contributed by atoms with Gasteiger partial charge in [-0.1, -0.05) is 18.2 Å².